The fraction of sp³-hybridized carbons (Fsp3) is 0.522. The number of hydrogen-bond acceptors (Lipinski definition) is 2. The summed E-state index contributed by atoms with van der Waals surface area (Å²) in [4.78, 5) is 16.5. The molecule has 1 aromatic heterocycles. The molecule has 2 fully saturated rings. The molecule has 0 radical (unpaired) electrons. The lowest BCUT2D eigenvalue weighted by Crippen LogP contribution is -3.11. The highest BCUT2D eigenvalue weighted by atomic mass is 16.2. The highest BCUT2D eigenvalue weighted by Gasteiger charge is 2.32. The zero-order chi connectivity index (χ0) is 19.3. The number of rotatable bonds is 5. The van der Waals surface area contributed by atoms with Gasteiger partial charge in [0.15, 0.2) is 6.54 Å². The largest absolute Gasteiger partial charge is 0.372 e. The Bertz CT molecular complexity index is 774. The topological polar surface area (TPSA) is 41.7 Å². The molecule has 0 bridgehead atoms. The number of nitrogens with zero attached hydrogens (tertiary/aromatic N) is 2. The fourth-order valence-corrected chi connectivity index (χ4v) is 4.81. The first-order chi connectivity index (χ1) is 13.7. The van der Waals surface area contributed by atoms with Crippen molar-refractivity contribution >= 4 is 17.3 Å². The molecular formula is C23H33N4O+. The van der Waals surface area contributed by atoms with Crippen LogP contribution in [0.4, 0.5) is 11.4 Å². The third-order valence-corrected chi connectivity index (χ3v) is 6.33. The molecule has 2 saturated heterocycles. The van der Waals surface area contributed by atoms with Crippen molar-refractivity contribution in [1.82, 2.24) is 4.57 Å². The monoisotopic (exact) mass is 381 g/mol. The number of anilines is 2. The van der Waals surface area contributed by atoms with Crippen LogP contribution >= 0.6 is 0 Å². The van der Waals surface area contributed by atoms with Crippen molar-refractivity contribution in [3.63, 3.8) is 0 Å². The van der Waals surface area contributed by atoms with Crippen LogP contribution < -0.4 is 15.1 Å². The van der Waals surface area contributed by atoms with E-state index in [1.807, 2.05) is 12.1 Å². The summed E-state index contributed by atoms with van der Waals surface area (Å²) in [5.74, 6) is 0.110. The predicted molar refractivity (Wildman–Crippen MR) is 114 cm³/mol. The Morgan fingerprint density at radius 2 is 1.82 bits per heavy atom. The van der Waals surface area contributed by atoms with Crippen LogP contribution in [0.2, 0.25) is 0 Å². The van der Waals surface area contributed by atoms with Crippen LogP contribution in [0.15, 0.2) is 42.6 Å². The van der Waals surface area contributed by atoms with Gasteiger partial charge in [-0.15, -0.1) is 0 Å². The number of likely N-dealkylation sites (tertiary alicyclic amines) is 1. The zero-order valence-electron chi connectivity index (χ0n) is 17.0. The van der Waals surface area contributed by atoms with Crippen LogP contribution in [0.3, 0.4) is 0 Å². The van der Waals surface area contributed by atoms with Gasteiger partial charge in [-0.2, -0.15) is 0 Å². The summed E-state index contributed by atoms with van der Waals surface area (Å²) in [6, 6.07) is 13.1. The molecule has 2 N–H and O–H groups in total. The van der Waals surface area contributed by atoms with E-state index in [1.165, 1.54) is 48.4 Å². The van der Waals surface area contributed by atoms with Crippen LogP contribution in [0.5, 0.6) is 0 Å². The second-order valence-corrected chi connectivity index (χ2v) is 8.32. The van der Waals surface area contributed by atoms with Gasteiger partial charge in [-0.3, -0.25) is 4.79 Å². The summed E-state index contributed by atoms with van der Waals surface area (Å²) in [7, 11) is 2.09. The average molecular weight is 382 g/mol. The first kappa shape index (κ1) is 19.1. The molecule has 150 valence electrons. The van der Waals surface area contributed by atoms with E-state index in [9.17, 15) is 4.79 Å². The van der Waals surface area contributed by atoms with Crippen LogP contribution in [-0.2, 0) is 11.8 Å². The number of carbonyl (C=O) groups excluding carboxylic acids is 1. The molecule has 1 unspecified atom stereocenters. The van der Waals surface area contributed by atoms with Gasteiger partial charge in [0.05, 0.1) is 12.2 Å². The van der Waals surface area contributed by atoms with E-state index in [-0.39, 0.29) is 5.91 Å². The second-order valence-electron chi connectivity index (χ2n) is 8.32. The van der Waals surface area contributed by atoms with Gasteiger partial charge in [-0.05, 0) is 49.2 Å². The van der Waals surface area contributed by atoms with Gasteiger partial charge in [0.25, 0.3) is 5.91 Å². The van der Waals surface area contributed by atoms with Gasteiger partial charge < -0.3 is 19.7 Å². The molecule has 4 rings (SSSR count). The molecule has 5 nitrogen and oxygen atoms in total. The van der Waals surface area contributed by atoms with Crippen LogP contribution in [-0.4, -0.2) is 36.7 Å². The third-order valence-electron chi connectivity index (χ3n) is 6.33. The van der Waals surface area contributed by atoms with E-state index in [1.54, 1.807) is 0 Å². The number of aryl methyl sites for hydroxylation is 1. The number of hydrogen-bond donors (Lipinski definition) is 2. The average Bonchev–Trinajstić information content (AvgIpc) is 3.22. The number of amides is 1. The first-order valence-electron chi connectivity index (χ1n) is 10.8. The van der Waals surface area contributed by atoms with Crippen molar-refractivity contribution in [2.24, 2.45) is 7.05 Å². The Balaban J connectivity index is 1.34. The van der Waals surface area contributed by atoms with Crippen molar-refractivity contribution in [2.45, 2.75) is 44.6 Å². The minimum atomic E-state index is 0.110. The lowest BCUT2D eigenvalue weighted by Gasteiger charge is -2.23. The van der Waals surface area contributed by atoms with Crippen molar-refractivity contribution < 1.29 is 9.69 Å². The van der Waals surface area contributed by atoms with E-state index >= 15 is 0 Å². The van der Waals surface area contributed by atoms with Gasteiger partial charge >= 0.3 is 0 Å². The minimum Gasteiger partial charge on any atom is -0.372 e. The van der Waals surface area contributed by atoms with Gasteiger partial charge in [-0.25, -0.2) is 0 Å². The molecule has 28 heavy (non-hydrogen) atoms. The lowest BCUT2D eigenvalue weighted by molar-refractivity contribution is -0.910. The Kier molecular flexibility index (Phi) is 6.01. The standard InChI is InChI=1S/C23H32N4O/c1-25-14-6-8-21(25)22-9-7-17-27(22)18-23(28)24-19-10-12-20(13-11-19)26-15-4-2-3-5-16-26/h6,8,10-14,22H,2-5,7,9,15-18H2,1H3,(H,24,28)/p+1/t22-/m0/s1. The van der Waals surface area contributed by atoms with Crippen molar-refractivity contribution in [3.8, 4) is 0 Å². The van der Waals surface area contributed by atoms with Crippen molar-refractivity contribution in [1.29, 1.82) is 0 Å². The Morgan fingerprint density at radius 1 is 1.07 bits per heavy atom. The molecule has 1 aromatic carbocycles. The molecule has 0 aliphatic carbocycles. The molecular weight excluding hydrogens is 348 g/mol. The fourth-order valence-electron chi connectivity index (χ4n) is 4.81. The summed E-state index contributed by atoms with van der Waals surface area (Å²) >= 11 is 0. The molecule has 3 heterocycles. The van der Waals surface area contributed by atoms with E-state index in [0.717, 1.165) is 31.7 Å². The van der Waals surface area contributed by atoms with E-state index < -0.39 is 0 Å². The number of quaternary nitrogens is 1. The summed E-state index contributed by atoms with van der Waals surface area (Å²) < 4.78 is 2.19. The van der Waals surface area contributed by atoms with Gasteiger partial charge in [0.1, 0.15) is 6.04 Å². The second kappa shape index (κ2) is 8.82. The summed E-state index contributed by atoms with van der Waals surface area (Å²) in [5.41, 5.74) is 3.51. The molecule has 2 aliphatic rings. The number of benzene rings is 1. The van der Waals surface area contributed by atoms with E-state index in [4.69, 9.17) is 0 Å². The Labute approximate surface area is 168 Å². The summed E-state index contributed by atoms with van der Waals surface area (Å²) in [6.45, 7) is 3.88. The molecule has 0 saturated carbocycles. The maximum Gasteiger partial charge on any atom is 0.279 e. The molecule has 1 amide bonds. The highest BCUT2D eigenvalue weighted by Crippen LogP contribution is 2.22. The van der Waals surface area contributed by atoms with Crippen LogP contribution in [0.1, 0.15) is 50.3 Å². The highest BCUT2D eigenvalue weighted by molar-refractivity contribution is 5.91. The molecule has 2 aromatic rings. The third kappa shape index (κ3) is 4.41. The molecule has 5 heteroatoms. The summed E-state index contributed by atoms with van der Waals surface area (Å²) in [5, 5.41) is 3.11. The summed E-state index contributed by atoms with van der Waals surface area (Å²) in [6.07, 6.45) is 9.67. The quantitative estimate of drug-likeness (QED) is 0.836. The minimum absolute atomic E-state index is 0.110. The maximum atomic E-state index is 12.7. The number of nitrogens with one attached hydrogen (secondary N) is 2. The van der Waals surface area contributed by atoms with Crippen molar-refractivity contribution in [3.05, 3.63) is 48.3 Å². The van der Waals surface area contributed by atoms with E-state index in [2.05, 4.69) is 52.3 Å². The smallest absolute Gasteiger partial charge is 0.279 e. The SMILES string of the molecule is Cn1cccc1[C@@H]1CCC[NH+]1CC(=O)Nc1ccc(N2CCCCCC2)cc1. The Hall–Kier alpha value is -2.27. The molecule has 0 spiro atoms. The van der Waals surface area contributed by atoms with Gasteiger partial charge in [0, 0.05) is 50.6 Å². The Morgan fingerprint density at radius 3 is 2.50 bits per heavy atom. The number of carbonyl (C=O) groups is 1. The predicted octanol–water partition coefficient (Wildman–Crippen LogP) is 2.76. The van der Waals surface area contributed by atoms with Crippen molar-refractivity contribution in [2.75, 3.05) is 36.4 Å². The number of aromatic nitrogens is 1. The molecule has 2 atom stereocenters. The van der Waals surface area contributed by atoms with Gasteiger partial charge in [0.2, 0.25) is 0 Å². The maximum absolute atomic E-state index is 12.7. The van der Waals surface area contributed by atoms with E-state index in [0.29, 0.717) is 12.6 Å². The molecule has 2 aliphatic heterocycles. The zero-order valence-corrected chi connectivity index (χ0v) is 17.0. The lowest BCUT2D eigenvalue weighted by atomic mass is 10.1. The van der Waals surface area contributed by atoms with Gasteiger partial charge in [-0.1, -0.05) is 12.8 Å². The normalized spacial score (nSPS) is 22.8. The first-order valence-corrected chi connectivity index (χ1v) is 10.8. The van der Waals surface area contributed by atoms with Crippen LogP contribution in [0, 0.1) is 0 Å². The van der Waals surface area contributed by atoms with Crippen LogP contribution in [0.25, 0.3) is 0 Å².